The van der Waals surface area contributed by atoms with E-state index in [0.29, 0.717) is 5.82 Å². The molecule has 0 spiro atoms. The maximum atomic E-state index is 5.17. The van der Waals surface area contributed by atoms with Crippen molar-refractivity contribution in [1.29, 1.82) is 0 Å². The van der Waals surface area contributed by atoms with Gasteiger partial charge in [0.15, 0.2) is 0 Å². The maximum absolute atomic E-state index is 5.17. The van der Waals surface area contributed by atoms with Crippen molar-refractivity contribution < 1.29 is 4.74 Å². The predicted octanol–water partition coefficient (Wildman–Crippen LogP) is 3.34. The highest BCUT2D eigenvalue weighted by molar-refractivity contribution is 5.82. The third-order valence-electron chi connectivity index (χ3n) is 2.33. The van der Waals surface area contributed by atoms with Gasteiger partial charge in [0.25, 0.3) is 0 Å². The van der Waals surface area contributed by atoms with Gasteiger partial charge >= 0.3 is 0 Å². The van der Waals surface area contributed by atoms with E-state index in [2.05, 4.69) is 21.8 Å². The van der Waals surface area contributed by atoms with Crippen molar-refractivity contribution in [3.63, 3.8) is 0 Å². The van der Waals surface area contributed by atoms with Crippen molar-refractivity contribution in [2.75, 3.05) is 7.11 Å². The summed E-state index contributed by atoms with van der Waals surface area (Å²) in [5.41, 5.74) is 1.80. The molecule has 0 unspecified atom stereocenters. The van der Waals surface area contributed by atoms with Gasteiger partial charge in [-0.1, -0.05) is 19.8 Å². The van der Waals surface area contributed by atoms with Gasteiger partial charge in [-0.15, -0.1) is 0 Å². The molecule has 2 aromatic rings. The minimum atomic E-state index is 0.556. The lowest BCUT2D eigenvalue weighted by molar-refractivity contribution is 0.415. The first kappa shape index (κ1) is 14.0. The van der Waals surface area contributed by atoms with E-state index in [9.17, 15) is 0 Å². The minimum Gasteiger partial charge on any atom is -0.497 e. The fourth-order valence-corrected chi connectivity index (χ4v) is 1.56. The molecule has 1 aromatic carbocycles. The SMILES string of the molecule is CC.CC#Cc1nc(C)c2ccc(OC)cc2n1. The van der Waals surface area contributed by atoms with Gasteiger partial charge in [-0.3, -0.25) is 0 Å². The van der Waals surface area contributed by atoms with E-state index < -0.39 is 0 Å². The quantitative estimate of drug-likeness (QED) is 0.719. The fraction of sp³-hybridized carbons (Fsp3) is 0.333. The van der Waals surface area contributed by atoms with Gasteiger partial charge in [0, 0.05) is 17.1 Å². The maximum Gasteiger partial charge on any atom is 0.205 e. The zero-order valence-corrected chi connectivity index (χ0v) is 11.5. The molecule has 0 aliphatic heterocycles. The first-order chi connectivity index (χ1) is 8.74. The Hall–Kier alpha value is -2.08. The van der Waals surface area contributed by atoms with E-state index in [1.165, 1.54) is 0 Å². The fourth-order valence-electron chi connectivity index (χ4n) is 1.56. The van der Waals surface area contributed by atoms with Gasteiger partial charge in [0.05, 0.1) is 12.6 Å². The van der Waals surface area contributed by atoms with E-state index in [1.807, 2.05) is 39.0 Å². The van der Waals surface area contributed by atoms with Gasteiger partial charge in [-0.2, -0.15) is 0 Å². The summed E-state index contributed by atoms with van der Waals surface area (Å²) in [6.07, 6.45) is 0. The van der Waals surface area contributed by atoms with Crippen molar-refractivity contribution in [1.82, 2.24) is 9.97 Å². The number of fused-ring (bicyclic) bond motifs is 1. The third-order valence-corrected chi connectivity index (χ3v) is 2.33. The number of hydrogen-bond acceptors (Lipinski definition) is 3. The molecule has 0 saturated heterocycles. The Labute approximate surface area is 108 Å². The number of aromatic nitrogens is 2. The summed E-state index contributed by atoms with van der Waals surface area (Å²) in [5, 5.41) is 1.03. The van der Waals surface area contributed by atoms with Crippen LogP contribution in [0.25, 0.3) is 10.9 Å². The zero-order chi connectivity index (χ0) is 13.5. The van der Waals surface area contributed by atoms with Crippen LogP contribution >= 0.6 is 0 Å². The third kappa shape index (κ3) is 2.98. The van der Waals surface area contributed by atoms with Gasteiger partial charge in [0.2, 0.25) is 5.82 Å². The normalized spacial score (nSPS) is 8.94. The van der Waals surface area contributed by atoms with Crippen LogP contribution in [0.2, 0.25) is 0 Å². The molecular formula is C15H18N2O. The topological polar surface area (TPSA) is 35.0 Å². The molecule has 3 heteroatoms. The molecule has 18 heavy (non-hydrogen) atoms. The molecule has 3 nitrogen and oxygen atoms in total. The van der Waals surface area contributed by atoms with Crippen LogP contribution in [-0.4, -0.2) is 17.1 Å². The molecule has 0 N–H and O–H groups in total. The summed E-state index contributed by atoms with van der Waals surface area (Å²) in [4.78, 5) is 8.69. The highest BCUT2D eigenvalue weighted by atomic mass is 16.5. The van der Waals surface area contributed by atoms with E-state index in [4.69, 9.17) is 4.74 Å². The molecule has 0 bridgehead atoms. The van der Waals surface area contributed by atoms with E-state index >= 15 is 0 Å². The number of benzene rings is 1. The van der Waals surface area contributed by atoms with Crippen molar-refractivity contribution in [3.05, 3.63) is 29.7 Å². The summed E-state index contributed by atoms with van der Waals surface area (Å²) >= 11 is 0. The summed E-state index contributed by atoms with van der Waals surface area (Å²) in [6.45, 7) is 7.73. The Morgan fingerprint density at radius 1 is 1.17 bits per heavy atom. The summed E-state index contributed by atoms with van der Waals surface area (Å²) in [5.74, 6) is 7.01. The minimum absolute atomic E-state index is 0.556. The second-order valence-electron chi connectivity index (χ2n) is 3.39. The smallest absolute Gasteiger partial charge is 0.205 e. The number of hydrogen-bond donors (Lipinski definition) is 0. The van der Waals surface area contributed by atoms with Crippen molar-refractivity contribution >= 4 is 10.9 Å². The number of aryl methyl sites for hydroxylation is 1. The Morgan fingerprint density at radius 2 is 1.89 bits per heavy atom. The Morgan fingerprint density at radius 3 is 2.50 bits per heavy atom. The monoisotopic (exact) mass is 242 g/mol. The number of ether oxygens (including phenoxy) is 1. The molecule has 94 valence electrons. The number of nitrogens with zero attached hydrogens (tertiary/aromatic N) is 2. The molecule has 2 rings (SSSR count). The second-order valence-corrected chi connectivity index (χ2v) is 3.39. The molecule has 0 fully saturated rings. The molecule has 1 heterocycles. The molecule has 0 aliphatic carbocycles. The van der Waals surface area contributed by atoms with Crippen molar-refractivity contribution in [2.45, 2.75) is 27.7 Å². The van der Waals surface area contributed by atoms with Crippen LogP contribution in [0.15, 0.2) is 18.2 Å². The Balaban J connectivity index is 0.000000771. The average Bonchev–Trinajstić information content (AvgIpc) is 2.40. The lowest BCUT2D eigenvalue weighted by Crippen LogP contribution is -1.94. The average molecular weight is 242 g/mol. The highest BCUT2D eigenvalue weighted by Gasteiger charge is 2.03. The largest absolute Gasteiger partial charge is 0.497 e. The molecule has 0 atom stereocenters. The van der Waals surface area contributed by atoms with Crippen molar-refractivity contribution in [3.8, 4) is 17.6 Å². The van der Waals surface area contributed by atoms with Crippen LogP contribution < -0.4 is 4.74 Å². The van der Waals surface area contributed by atoms with Crippen LogP contribution in [0.4, 0.5) is 0 Å². The summed E-state index contributed by atoms with van der Waals surface area (Å²) in [6, 6.07) is 5.77. The molecule has 0 aliphatic rings. The van der Waals surface area contributed by atoms with Crippen molar-refractivity contribution in [2.24, 2.45) is 0 Å². The molecule has 0 saturated carbocycles. The van der Waals surface area contributed by atoms with Gasteiger partial charge in [-0.05, 0) is 31.9 Å². The van der Waals surface area contributed by atoms with Crippen LogP contribution in [0.5, 0.6) is 5.75 Å². The Bertz CT molecular complexity index is 594. The molecule has 0 amide bonds. The van der Waals surface area contributed by atoms with Crippen LogP contribution in [0.3, 0.4) is 0 Å². The first-order valence-corrected chi connectivity index (χ1v) is 5.99. The van der Waals surface area contributed by atoms with Crippen LogP contribution in [0, 0.1) is 18.8 Å². The molecule has 0 radical (unpaired) electrons. The zero-order valence-electron chi connectivity index (χ0n) is 11.5. The van der Waals surface area contributed by atoms with Gasteiger partial charge in [-0.25, -0.2) is 9.97 Å². The van der Waals surface area contributed by atoms with E-state index in [1.54, 1.807) is 14.0 Å². The summed E-state index contributed by atoms with van der Waals surface area (Å²) < 4.78 is 5.17. The van der Waals surface area contributed by atoms with Gasteiger partial charge < -0.3 is 4.74 Å². The summed E-state index contributed by atoms with van der Waals surface area (Å²) in [7, 11) is 1.64. The highest BCUT2D eigenvalue weighted by Crippen LogP contribution is 2.20. The van der Waals surface area contributed by atoms with Crippen LogP contribution in [-0.2, 0) is 0 Å². The standard InChI is InChI=1S/C13H12N2O.C2H6/c1-4-5-13-14-9(2)11-7-6-10(16-3)8-12(11)15-13;1-2/h6-8H,1-3H3;1-2H3. The lowest BCUT2D eigenvalue weighted by atomic mass is 10.2. The molecular weight excluding hydrogens is 224 g/mol. The first-order valence-electron chi connectivity index (χ1n) is 5.99. The lowest BCUT2D eigenvalue weighted by Gasteiger charge is -2.04. The molecule has 1 aromatic heterocycles. The Kier molecular flexibility index (Phi) is 5.13. The number of methoxy groups -OCH3 is 1. The van der Waals surface area contributed by atoms with E-state index in [-0.39, 0.29) is 0 Å². The predicted molar refractivity (Wildman–Crippen MR) is 74.7 cm³/mol. The van der Waals surface area contributed by atoms with Crippen LogP contribution in [0.1, 0.15) is 32.3 Å². The van der Waals surface area contributed by atoms with E-state index in [0.717, 1.165) is 22.3 Å². The van der Waals surface area contributed by atoms with Gasteiger partial charge in [0.1, 0.15) is 5.75 Å². The number of rotatable bonds is 1. The second kappa shape index (κ2) is 6.61.